The number of carbonyl (C=O) groups excluding carboxylic acids is 2. The molecule has 3 rings (SSSR count). The van der Waals surface area contributed by atoms with Crippen LogP contribution in [-0.2, 0) is 10.4 Å². The lowest BCUT2D eigenvalue weighted by molar-refractivity contribution is -0.133. The van der Waals surface area contributed by atoms with Crippen molar-refractivity contribution in [3.05, 3.63) is 63.2 Å². The Labute approximate surface area is 135 Å². The zero-order valence-corrected chi connectivity index (χ0v) is 13.1. The van der Waals surface area contributed by atoms with Crippen LogP contribution >= 0.6 is 22.6 Å². The first-order chi connectivity index (χ1) is 10.0. The van der Waals surface area contributed by atoms with Crippen molar-refractivity contribution in [1.29, 1.82) is 0 Å². The van der Waals surface area contributed by atoms with Crippen LogP contribution in [0.15, 0.2) is 48.5 Å². The number of benzene rings is 2. The Bertz CT molecular complexity index is 727. The second-order valence-electron chi connectivity index (χ2n) is 4.97. The predicted molar refractivity (Wildman–Crippen MR) is 87.1 cm³/mol. The summed E-state index contributed by atoms with van der Waals surface area (Å²) in [5.41, 5.74) is -0.299. The number of Topliss-reactive ketones (excluding diaryl/α,β-unsaturated/α-hetero) is 1. The molecule has 4 nitrogen and oxygen atoms in total. The van der Waals surface area contributed by atoms with Gasteiger partial charge >= 0.3 is 0 Å². The topological polar surface area (TPSA) is 66.4 Å². The fourth-order valence-corrected chi connectivity index (χ4v) is 2.81. The fraction of sp³-hybridized carbons (Fsp3) is 0.125. The normalized spacial score (nSPS) is 20.0. The molecule has 1 atom stereocenters. The minimum Gasteiger partial charge on any atom is -0.375 e. The molecule has 2 aromatic rings. The fourth-order valence-electron chi connectivity index (χ4n) is 2.45. The number of nitrogens with one attached hydrogen (secondary N) is 1. The summed E-state index contributed by atoms with van der Waals surface area (Å²) in [6, 6.07) is 13.9. The molecule has 1 aliphatic heterocycles. The number of anilines is 1. The summed E-state index contributed by atoms with van der Waals surface area (Å²) < 4.78 is 1.02. The van der Waals surface area contributed by atoms with E-state index >= 15 is 0 Å². The van der Waals surface area contributed by atoms with Gasteiger partial charge < -0.3 is 10.4 Å². The Morgan fingerprint density at radius 2 is 1.81 bits per heavy atom. The number of hydrogen-bond donors (Lipinski definition) is 2. The van der Waals surface area contributed by atoms with E-state index < -0.39 is 11.5 Å². The van der Waals surface area contributed by atoms with Crippen LogP contribution < -0.4 is 5.32 Å². The Balaban J connectivity index is 1.92. The van der Waals surface area contributed by atoms with Gasteiger partial charge in [0.15, 0.2) is 11.4 Å². The highest BCUT2D eigenvalue weighted by Crippen LogP contribution is 2.38. The van der Waals surface area contributed by atoms with E-state index in [1.165, 1.54) is 0 Å². The molecule has 0 unspecified atom stereocenters. The first-order valence-electron chi connectivity index (χ1n) is 6.43. The second kappa shape index (κ2) is 5.23. The van der Waals surface area contributed by atoms with Crippen molar-refractivity contribution in [3.8, 4) is 0 Å². The summed E-state index contributed by atoms with van der Waals surface area (Å²) in [6.07, 6.45) is -0.267. The van der Waals surface area contributed by atoms with Crippen LogP contribution in [0.5, 0.6) is 0 Å². The van der Waals surface area contributed by atoms with E-state index in [1.54, 1.807) is 36.4 Å². The first-order valence-corrected chi connectivity index (χ1v) is 7.51. The maximum atomic E-state index is 12.3. The van der Waals surface area contributed by atoms with Gasteiger partial charge in [-0.05, 0) is 40.8 Å². The molecule has 0 saturated carbocycles. The van der Waals surface area contributed by atoms with E-state index in [1.807, 2.05) is 12.1 Å². The van der Waals surface area contributed by atoms with Crippen LogP contribution in [0.25, 0.3) is 0 Å². The van der Waals surface area contributed by atoms with Crippen LogP contribution in [0, 0.1) is 3.57 Å². The molecular formula is C16H12INO3. The number of carbonyl (C=O) groups is 2. The van der Waals surface area contributed by atoms with Gasteiger partial charge in [0.2, 0.25) is 0 Å². The van der Waals surface area contributed by atoms with Crippen LogP contribution in [0.1, 0.15) is 22.3 Å². The molecule has 0 saturated heterocycles. The molecule has 5 heteroatoms. The van der Waals surface area contributed by atoms with Crippen LogP contribution in [0.4, 0.5) is 5.69 Å². The molecule has 0 spiro atoms. The average Bonchev–Trinajstić information content (AvgIpc) is 2.71. The average molecular weight is 393 g/mol. The van der Waals surface area contributed by atoms with E-state index in [2.05, 4.69) is 27.9 Å². The molecule has 0 aliphatic carbocycles. The molecule has 1 heterocycles. The zero-order valence-electron chi connectivity index (χ0n) is 11.0. The third-order valence-corrected chi connectivity index (χ3v) is 4.30. The van der Waals surface area contributed by atoms with Crippen molar-refractivity contribution in [2.75, 3.05) is 5.32 Å². The highest BCUT2D eigenvalue weighted by atomic mass is 127. The molecule has 21 heavy (non-hydrogen) atoms. The lowest BCUT2D eigenvalue weighted by Gasteiger charge is -2.19. The second-order valence-corrected chi connectivity index (χ2v) is 6.21. The number of para-hydroxylation sites is 1. The maximum absolute atomic E-state index is 12.3. The standard InChI is InChI=1S/C16H12INO3/c17-11-7-5-10(6-8-11)14(19)9-16(21)12-3-1-2-4-13(12)18-15(16)20/h1-8,21H,9H2,(H,18,20)/t16-/m1/s1. The Kier molecular flexibility index (Phi) is 3.54. The summed E-state index contributed by atoms with van der Waals surface area (Å²) in [5.74, 6) is -0.816. The van der Waals surface area contributed by atoms with E-state index in [-0.39, 0.29) is 12.2 Å². The SMILES string of the molecule is O=C(C[C@]1(O)C(=O)Nc2ccccc21)c1ccc(I)cc1. The van der Waals surface area contributed by atoms with Crippen LogP contribution in [0.2, 0.25) is 0 Å². The first kappa shape index (κ1) is 14.2. The number of aliphatic hydroxyl groups is 1. The van der Waals surface area contributed by atoms with Gasteiger partial charge in [-0.1, -0.05) is 30.3 Å². The molecule has 1 aliphatic rings. The lowest BCUT2D eigenvalue weighted by Crippen LogP contribution is -2.36. The smallest absolute Gasteiger partial charge is 0.261 e. The molecule has 0 radical (unpaired) electrons. The van der Waals surface area contributed by atoms with E-state index in [0.717, 1.165) is 3.57 Å². The van der Waals surface area contributed by atoms with E-state index in [0.29, 0.717) is 16.8 Å². The van der Waals surface area contributed by atoms with Gasteiger partial charge in [0.1, 0.15) is 0 Å². The summed E-state index contributed by atoms with van der Waals surface area (Å²) in [5, 5.41) is 13.3. The van der Waals surface area contributed by atoms with Gasteiger partial charge in [0.05, 0.1) is 6.42 Å². The lowest BCUT2D eigenvalue weighted by atomic mass is 9.88. The Hall–Kier alpha value is -1.73. The molecule has 106 valence electrons. The van der Waals surface area contributed by atoms with E-state index in [4.69, 9.17) is 0 Å². The zero-order chi connectivity index (χ0) is 15.0. The minimum absolute atomic E-state index is 0.263. The molecule has 2 aromatic carbocycles. The molecule has 0 bridgehead atoms. The Morgan fingerprint density at radius 1 is 1.14 bits per heavy atom. The van der Waals surface area contributed by atoms with Crippen molar-refractivity contribution < 1.29 is 14.7 Å². The summed E-state index contributed by atoms with van der Waals surface area (Å²) in [7, 11) is 0. The molecule has 0 fully saturated rings. The maximum Gasteiger partial charge on any atom is 0.261 e. The van der Waals surface area contributed by atoms with Crippen molar-refractivity contribution in [1.82, 2.24) is 0 Å². The van der Waals surface area contributed by atoms with Crippen molar-refractivity contribution in [2.45, 2.75) is 12.0 Å². The highest BCUT2D eigenvalue weighted by Gasteiger charge is 2.46. The quantitative estimate of drug-likeness (QED) is 0.623. The van der Waals surface area contributed by atoms with Crippen LogP contribution in [-0.4, -0.2) is 16.8 Å². The highest BCUT2D eigenvalue weighted by molar-refractivity contribution is 14.1. The predicted octanol–water partition coefficient (Wildman–Crippen LogP) is 2.70. The summed E-state index contributed by atoms with van der Waals surface area (Å²) in [6.45, 7) is 0. The third kappa shape index (κ3) is 2.47. The minimum atomic E-state index is -1.79. The third-order valence-electron chi connectivity index (χ3n) is 3.58. The number of ketones is 1. The molecule has 1 amide bonds. The van der Waals surface area contributed by atoms with Gasteiger partial charge in [-0.2, -0.15) is 0 Å². The van der Waals surface area contributed by atoms with Gasteiger partial charge in [-0.25, -0.2) is 0 Å². The van der Waals surface area contributed by atoms with Gasteiger partial charge in [-0.15, -0.1) is 0 Å². The number of amides is 1. The molecule has 2 N–H and O–H groups in total. The number of hydrogen-bond acceptors (Lipinski definition) is 3. The van der Waals surface area contributed by atoms with Crippen molar-refractivity contribution >= 4 is 40.0 Å². The summed E-state index contributed by atoms with van der Waals surface area (Å²) in [4.78, 5) is 24.4. The number of rotatable bonds is 3. The van der Waals surface area contributed by atoms with Gasteiger partial charge in [0.25, 0.3) is 5.91 Å². The Morgan fingerprint density at radius 3 is 2.52 bits per heavy atom. The van der Waals surface area contributed by atoms with Crippen molar-refractivity contribution in [2.24, 2.45) is 0 Å². The van der Waals surface area contributed by atoms with Crippen molar-refractivity contribution in [3.63, 3.8) is 0 Å². The number of halogens is 1. The van der Waals surface area contributed by atoms with E-state index in [9.17, 15) is 14.7 Å². The van der Waals surface area contributed by atoms with Crippen LogP contribution in [0.3, 0.4) is 0 Å². The van der Waals surface area contributed by atoms with Gasteiger partial charge in [-0.3, -0.25) is 9.59 Å². The van der Waals surface area contributed by atoms with Gasteiger partial charge in [0, 0.05) is 20.4 Å². The summed E-state index contributed by atoms with van der Waals surface area (Å²) >= 11 is 2.15. The number of fused-ring (bicyclic) bond motifs is 1. The largest absolute Gasteiger partial charge is 0.375 e. The molecular weight excluding hydrogens is 381 g/mol. The molecule has 0 aromatic heterocycles. The monoisotopic (exact) mass is 393 g/mol.